The van der Waals surface area contributed by atoms with E-state index in [0.717, 1.165) is 18.4 Å². The Bertz CT molecular complexity index is 230. The van der Waals surface area contributed by atoms with E-state index in [9.17, 15) is 0 Å². The Hall–Kier alpha value is -0.0800. The van der Waals surface area contributed by atoms with Gasteiger partial charge in [0.25, 0.3) is 0 Å². The highest BCUT2D eigenvalue weighted by Gasteiger charge is 2.43. The van der Waals surface area contributed by atoms with Crippen LogP contribution in [-0.4, -0.2) is 36.2 Å². The molecule has 0 N–H and O–H groups in total. The van der Waals surface area contributed by atoms with Gasteiger partial charge in [-0.3, -0.25) is 0 Å². The zero-order valence-corrected chi connectivity index (χ0v) is 15.3. The largest absolute Gasteiger partial charge is 0.375 e. The van der Waals surface area contributed by atoms with Crippen molar-refractivity contribution in [3.63, 3.8) is 0 Å². The topological polar surface area (TPSA) is 12.5 Å². The molecular formula is C18H39NO. The third-order valence-electron chi connectivity index (χ3n) is 4.62. The fourth-order valence-electron chi connectivity index (χ4n) is 3.10. The Morgan fingerprint density at radius 3 is 1.80 bits per heavy atom. The van der Waals surface area contributed by atoms with Crippen molar-refractivity contribution in [2.24, 2.45) is 11.8 Å². The monoisotopic (exact) mass is 285 g/mol. The second-order valence-corrected chi connectivity index (χ2v) is 6.33. The molecule has 2 aliphatic heterocycles. The van der Waals surface area contributed by atoms with Gasteiger partial charge in [-0.25, -0.2) is 0 Å². The van der Waals surface area contributed by atoms with Gasteiger partial charge in [0.2, 0.25) is 0 Å². The summed E-state index contributed by atoms with van der Waals surface area (Å²) in [5, 5.41) is 0. The van der Waals surface area contributed by atoms with E-state index in [1.807, 2.05) is 27.7 Å². The van der Waals surface area contributed by atoms with Crippen molar-refractivity contribution in [3.05, 3.63) is 0 Å². The quantitative estimate of drug-likeness (QED) is 0.710. The molecule has 2 aliphatic rings. The van der Waals surface area contributed by atoms with Crippen LogP contribution in [0.1, 0.15) is 74.7 Å². The molecule has 2 rings (SSSR count). The van der Waals surface area contributed by atoms with Gasteiger partial charge >= 0.3 is 0 Å². The number of hydrogen-bond acceptors (Lipinski definition) is 2. The summed E-state index contributed by atoms with van der Waals surface area (Å²) in [4.78, 5) is 2.58. The number of piperidine rings is 1. The first-order valence-corrected chi connectivity index (χ1v) is 8.90. The van der Waals surface area contributed by atoms with Gasteiger partial charge in [-0.2, -0.15) is 0 Å². The second-order valence-electron chi connectivity index (χ2n) is 6.33. The van der Waals surface area contributed by atoms with Gasteiger partial charge in [0.15, 0.2) is 0 Å². The van der Waals surface area contributed by atoms with E-state index in [0.29, 0.717) is 6.04 Å². The van der Waals surface area contributed by atoms with Gasteiger partial charge in [-0.1, -0.05) is 41.5 Å². The lowest BCUT2D eigenvalue weighted by atomic mass is 9.82. The van der Waals surface area contributed by atoms with Crippen LogP contribution in [0.2, 0.25) is 0 Å². The molecule has 0 aromatic carbocycles. The second kappa shape index (κ2) is 9.78. The lowest BCUT2D eigenvalue weighted by Gasteiger charge is -2.40. The minimum Gasteiger partial charge on any atom is -0.375 e. The maximum absolute atomic E-state index is 6.16. The summed E-state index contributed by atoms with van der Waals surface area (Å²) >= 11 is 0. The molecule has 1 spiro atoms. The number of likely N-dealkylation sites (tertiary alicyclic amines) is 1. The normalized spacial score (nSPS) is 25.2. The molecule has 2 nitrogen and oxygen atoms in total. The van der Waals surface area contributed by atoms with Crippen LogP contribution in [0.15, 0.2) is 0 Å². The Morgan fingerprint density at radius 1 is 0.950 bits per heavy atom. The molecule has 1 unspecified atom stereocenters. The van der Waals surface area contributed by atoms with Crippen molar-refractivity contribution in [1.82, 2.24) is 4.90 Å². The summed E-state index contributed by atoms with van der Waals surface area (Å²) in [6, 6.07) is 0.694. The number of ether oxygens (including phenoxy) is 1. The fraction of sp³-hybridized carbons (Fsp3) is 1.00. The van der Waals surface area contributed by atoms with Gasteiger partial charge in [0, 0.05) is 19.1 Å². The Morgan fingerprint density at radius 2 is 1.45 bits per heavy atom. The Labute approximate surface area is 128 Å². The Kier molecular flexibility index (Phi) is 9.74. The predicted octanol–water partition coefficient (Wildman–Crippen LogP) is 4.97. The minimum absolute atomic E-state index is 0.250. The van der Waals surface area contributed by atoms with Crippen LogP contribution in [0.4, 0.5) is 0 Å². The molecular weight excluding hydrogens is 246 g/mol. The molecule has 0 aliphatic carbocycles. The molecule has 0 aromatic heterocycles. The maximum Gasteiger partial charge on any atom is 0.0710 e. The van der Waals surface area contributed by atoms with E-state index in [4.69, 9.17) is 4.74 Å². The number of hydrogen-bond donors (Lipinski definition) is 0. The summed E-state index contributed by atoms with van der Waals surface area (Å²) < 4.78 is 6.16. The van der Waals surface area contributed by atoms with E-state index in [-0.39, 0.29) is 5.60 Å². The van der Waals surface area contributed by atoms with Crippen molar-refractivity contribution < 1.29 is 4.74 Å². The van der Waals surface area contributed by atoms with Crippen molar-refractivity contribution >= 4 is 0 Å². The van der Waals surface area contributed by atoms with Crippen molar-refractivity contribution in [2.45, 2.75) is 86.3 Å². The van der Waals surface area contributed by atoms with E-state index in [1.165, 1.54) is 32.4 Å². The summed E-state index contributed by atoms with van der Waals surface area (Å²) in [5.74, 6) is 1.58. The van der Waals surface area contributed by atoms with E-state index >= 15 is 0 Å². The SMILES string of the molecule is CC.CC.CC(C)C1COC2(CCN(C(C)C)CC2)C1. The van der Waals surface area contributed by atoms with Crippen molar-refractivity contribution in [1.29, 1.82) is 0 Å². The third kappa shape index (κ3) is 5.37. The van der Waals surface area contributed by atoms with Crippen LogP contribution in [0.5, 0.6) is 0 Å². The highest BCUT2D eigenvalue weighted by Crippen LogP contribution is 2.41. The molecule has 1 atom stereocenters. The average molecular weight is 286 g/mol. The van der Waals surface area contributed by atoms with E-state index < -0.39 is 0 Å². The molecule has 0 aromatic rings. The molecule has 122 valence electrons. The van der Waals surface area contributed by atoms with Crippen LogP contribution in [0, 0.1) is 11.8 Å². The molecule has 20 heavy (non-hydrogen) atoms. The number of rotatable bonds is 2. The van der Waals surface area contributed by atoms with Gasteiger partial charge in [-0.05, 0) is 44.9 Å². The van der Waals surface area contributed by atoms with Crippen LogP contribution in [0.25, 0.3) is 0 Å². The molecule has 2 heteroatoms. The zero-order chi connectivity index (χ0) is 15.8. The highest BCUT2D eigenvalue weighted by atomic mass is 16.5. The minimum atomic E-state index is 0.250. The molecule has 0 radical (unpaired) electrons. The standard InChI is InChI=1S/C14H27NO.2C2H6/c1-11(2)13-9-14(16-10-13)5-7-15(8-6-14)12(3)4;2*1-2/h11-13H,5-10H2,1-4H3;2*1-2H3. The molecule has 0 saturated carbocycles. The fourth-order valence-corrected chi connectivity index (χ4v) is 3.10. The van der Waals surface area contributed by atoms with Gasteiger partial charge in [-0.15, -0.1) is 0 Å². The number of nitrogens with zero attached hydrogens (tertiary/aromatic N) is 1. The van der Waals surface area contributed by atoms with Crippen molar-refractivity contribution in [3.8, 4) is 0 Å². The molecule has 0 bridgehead atoms. The summed E-state index contributed by atoms with van der Waals surface area (Å²) in [5.41, 5.74) is 0.250. The summed E-state index contributed by atoms with van der Waals surface area (Å²) in [7, 11) is 0. The third-order valence-corrected chi connectivity index (χ3v) is 4.62. The van der Waals surface area contributed by atoms with Crippen LogP contribution in [-0.2, 0) is 4.74 Å². The summed E-state index contributed by atoms with van der Waals surface area (Å²) in [6.45, 7) is 20.7. The van der Waals surface area contributed by atoms with Crippen molar-refractivity contribution in [2.75, 3.05) is 19.7 Å². The first-order chi connectivity index (χ1) is 9.52. The first-order valence-electron chi connectivity index (χ1n) is 8.90. The Balaban J connectivity index is 0.000000829. The maximum atomic E-state index is 6.16. The lowest BCUT2D eigenvalue weighted by Crippen LogP contribution is -2.46. The highest BCUT2D eigenvalue weighted by molar-refractivity contribution is 4.94. The molecule has 0 amide bonds. The van der Waals surface area contributed by atoms with Gasteiger partial charge in [0.05, 0.1) is 12.2 Å². The first kappa shape index (κ1) is 19.9. The van der Waals surface area contributed by atoms with Crippen LogP contribution < -0.4 is 0 Å². The van der Waals surface area contributed by atoms with E-state index in [2.05, 4.69) is 32.6 Å². The molecule has 2 fully saturated rings. The van der Waals surface area contributed by atoms with E-state index in [1.54, 1.807) is 0 Å². The molecule has 2 saturated heterocycles. The van der Waals surface area contributed by atoms with Crippen LogP contribution >= 0.6 is 0 Å². The molecule has 2 heterocycles. The lowest BCUT2D eigenvalue weighted by molar-refractivity contribution is -0.0486. The van der Waals surface area contributed by atoms with Crippen LogP contribution in [0.3, 0.4) is 0 Å². The van der Waals surface area contributed by atoms with Gasteiger partial charge in [0.1, 0.15) is 0 Å². The zero-order valence-electron chi connectivity index (χ0n) is 15.3. The smallest absolute Gasteiger partial charge is 0.0710 e. The van der Waals surface area contributed by atoms with Gasteiger partial charge < -0.3 is 9.64 Å². The predicted molar refractivity (Wildman–Crippen MR) is 90.3 cm³/mol. The summed E-state index contributed by atoms with van der Waals surface area (Å²) in [6.07, 6.45) is 3.79. The average Bonchev–Trinajstić information content (AvgIpc) is 2.88.